The first-order valence-corrected chi connectivity index (χ1v) is 10.0. The van der Waals surface area contributed by atoms with Crippen molar-refractivity contribution in [3.63, 3.8) is 0 Å². The summed E-state index contributed by atoms with van der Waals surface area (Å²) in [6.45, 7) is 4.43. The molecule has 0 aliphatic rings. The maximum atomic E-state index is 13.5. The first-order chi connectivity index (χ1) is 10.9. The minimum atomic E-state index is -3.06. The van der Waals surface area contributed by atoms with Gasteiger partial charge in [0.2, 0.25) is 0 Å². The van der Waals surface area contributed by atoms with Gasteiger partial charge in [0.25, 0.3) is 0 Å². The molecule has 0 fully saturated rings. The second-order valence-electron chi connectivity index (χ2n) is 5.34. The number of hydrogen-bond acceptors (Lipinski definition) is 3. The minimum Gasteiger partial charge on any atom is -0.390 e. The van der Waals surface area contributed by atoms with Crippen LogP contribution in [0.1, 0.15) is 45.1 Å². The molecular weight excluding hydrogens is 325 g/mol. The summed E-state index contributed by atoms with van der Waals surface area (Å²) in [4.78, 5) is 10.2. The molecule has 0 aromatic heterocycles. The predicted octanol–water partition coefficient (Wildman–Crippen LogP) is 4.21. The monoisotopic (exact) mass is 350 g/mol. The molecule has 0 spiro atoms. The lowest BCUT2D eigenvalue weighted by molar-refractivity contribution is 0.107. The highest BCUT2D eigenvalue weighted by molar-refractivity contribution is 6.59. The highest BCUT2D eigenvalue weighted by Gasteiger charge is 2.35. The first-order valence-electron chi connectivity index (χ1n) is 8.05. The van der Waals surface area contributed by atoms with Crippen molar-refractivity contribution in [3.05, 3.63) is 35.1 Å². The third-order valence-corrected chi connectivity index (χ3v) is 5.98. The smallest absolute Gasteiger partial charge is 0.390 e. The molecule has 0 saturated heterocycles. The zero-order chi connectivity index (χ0) is 17.3. The van der Waals surface area contributed by atoms with Crippen LogP contribution in [-0.4, -0.2) is 26.8 Å². The average Bonchev–Trinajstić information content (AvgIpc) is 2.45. The second kappa shape index (κ2) is 10.1. The van der Waals surface area contributed by atoms with Gasteiger partial charge in [0.1, 0.15) is 17.5 Å². The number of halogens is 3. The fourth-order valence-corrected chi connectivity index (χ4v) is 4.42. The van der Waals surface area contributed by atoms with E-state index < -0.39 is 26.3 Å². The largest absolute Gasteiger partial charge is 0.498 e. The summed E-state index contributed by atoms with van der Waals surface area (Å²) in [6, 6.07) is 1.89. The van der Waals surface area contributed by atoms with Gasteiger partial charge >= 0.3 is 8.80 Å². The molecule has 0 radical (unpaired) electrons. The average molecular weight is 350 g/mol. The van der Waals surface area contributed by atoms with Gasteiger partial charge in [0.05, 0.1) is 0 Å². The van der Waals surface area contributed by atoms with Crippen molar-refractivity contribution in [2.24, 2.45) is 0 Å². The molecule has 0 bridgehead atoms. The van der Waals surface area contributed by atoms with E-state index in [4.69, 9.17) is 8.85 Å². The molecule has 0 saturated carbocycles. The third-order valence-electron chi connectivity index (χ3n) is 3.52. The standard InChI is InChI=1S/C16H25F3O3Si/c1-3-21-23(20,22-4-2)10-8-6-5-7-9-14-15(18)11-13(17)12-16(14)19/h11-12,20H,3-10H2,1-2H3. The van der Waals surface area contributed by atoms with Gasteiger partial charge in [0, 0.05) is 37.0 Å². The van der Waals surface area contributed by atoms with Crippen LogP contribution < -0.4 is 0 Å². The molecule has 0 aliphatic heterocycles. The van der Waals surface area contributed by atoms with Gasteiger partial charge in [-0.3, -0.25) is 0 Å². The minimum absolute atomic E-state index is 0.0686. The summed E-state index contributed by atoms with van der Waals surface area (Å²) in [5.41, 5.74) is -0.0686. The fraction of sp³-hybridized carbons (Fsp3) is 0.625. The molecule has 7 heteroatoms. The van der Waals surface area contributed by atoms with Gasteiger partial charge in [-0.25, -0.2) is 13.2 Å². The van der Waals surface area contributed by atoms with Crippen LogP contribution in [0.4, 0.5) is 13.2 Å². The Bertz CT molecular complexity index is 457. The zero-order valence-electron chi connectivity index (χ0n) is 13.7. The molecule has 0 aliphatic carbocycles. The Hall–Kier alpha value is -0.893. The van der Waals surface area contributed by atoms with E-state index in [0.29, 0.717) is 37.8 Å². The van der Waals surface area contributed by atoms with Crippen LogP contribution in [0.3, 0.4) is 0 Å². The first kappa shape index (κ1) is 20.2. The van der Waals surface area contributed by atoms with Crippen LogP contribution in [0, 0.1) is 17.5 Å². The van der Waals surface area contributed by atoms with Crippen molar-refractivity contribution in [1.29, 1.82) is 0 Å². The second-order valence-corrected chi connectivity index (χ2v) is 7.84. The predicted molar refractivity (Wildman–Crippen MR) is 84.5 cm³/mol. The summed E-state index contributed by atoms with van der Waals surface area (Å²) < 4.78 is 50.4. The molecule has 1 aromatic rings. The lowest BCUT2D eigenvalue weighted by atomic mass is 10.1. The molecule has 1 rings (SSSR count). The van der Waals surface area contributed by atoms with Crippen molar-refractivity contribution in [3.8, 4) is 0 Å². The van der Waals surface area contributed by atoms with Gasteiger partial charge in [-0.05, 0) is 33.1 Å². The van der Waals surface area contributed by atoms with E-state index in [0.717, 1.165) is 19.3 Å². The maximum Gasteiger partial charge on any atom is 0.498 e. The molecule has 1 aromatic carbocycles. The van der Waals surface area contributed by atoms with Gasteiger partial charge < -0.3 is 13.6 Å². The van der Waals surface area contributed by atoms with Crippen LogP contribution in [-0.2, 0) is 15.3 Å². The lowest BCUT2D eigenvalue weighted by Crippen LogP contribution is -2.42. The highest BCUT2D eigenvalue weighted by atomic mass is 28.4. The lowest BCUT2D eigenvalue weighted by Gasteiger charge is -2.22. The normalized spacial score (nSPS) is 11.9. The summed E-state index contributed by atoms with van der Waals surface area (Å²) >= 11 is 0. The van der Waals surface area contributed by atoms with Crippen molar-refractivity contribution < 1.29 is 26.8 Å². The molecular formula is C16H25F3O3Si. The Labute approximate surface area is 136 Å². The Morgan fingerprint density at radius 3 is 1.96 bits per heavy atom. The van der Waals surface area contributed by atoms with Crippen LogP contribution in [0.15, 0.2) is 12.1 Å². The van der Waals surface area contributed by atoms with E-state index in [1.807, 2.05) is 13.8 Å². The number of rotatable bonds is 11. The third kappa shape index (κ3) is 7.03. The molecule has 1 N–H and O–H groups in total. The molecule has 23 heavy (non-hydrogen) atoms. The molecule has 0 heterocycles. The van der Waals surface area contributed by atoms with E-state index in [1.54, 1.807) is 0 Å². The van der Waals surface area contributed by atoms with Crippen LogP contribution >= 0.6 is 0 Å². The Morgan fingerprint density at radius 2 is 1.43 bits per heavy atom. The number of benzene rings is 1. The van der Waals surface area contributed by atoms with Gasteiger partial charge in [-0.2, -0.15) is 0 Å². The Morgan fingerprint density at radius 1 is 0.913 bits per heavy atom. The number of unbranched alkanes of at least 4 members (excludes halogenated alkanes) is 3. The van der Waals surface area contributed by atoms with Crippen LogP contribution in [0.5, 0.6) is 0 Å². The van der Waals surface area contributed by atoms with Gasteiger partial charge in [-0.15, -0.1) is 0 Å². The summed E-state index contributed by atoms with van der Waals surface area (Å²) in [6.07, 6.45) is 3.13. The Kier molecular flexibility index (Phi) is 8.83. The van der Waals surface area contributed by atoms with Crippen LogP contribution in [0.2, 0.25) is 6.04 Å². The van der Waals surface area contributed by atoms with Crippen molar-refractivity contribution in [1.82, 2.24) is 0 Å². The van der Waals surface area contributed by atoms with E-state index in [9.17, 15) is 18.0 Å². The zero-order valence-corrected chi connectivity index (χ0v) is 14.7. The van der Waals surface area contributed by atoms with Gasteiger partial charge in [0.15, 0.2) is 0 Å². The topological polar surface area (TPSA) is 38.7 Å². The van der Waals surface area contributed by atoms with Crippen LogP contribution in [0.25, 0.3) is 0 Å². The quantitative estimate of drug-likeness (QED) is 0.480. The maximum absolute atomic E-state index is 13.5. The SMILES string of the molecule is CCO[Si](O)(CCCCCCc1c(F)cc(F)cc1F)OCC. The van der Waals surface area contributed by atoms with Crippen molar-refractivity contribution >= 4 is 8.80 Å². The molecule has 3 nitrogen and oxygen atoms in total. The van der Waals surface area contributed by atoms with E-state index >= 15 is 0 Å². The summed E-state index contributed by atoms with van der Waals surface area (Å²) in [5.74, 6) is -2.58. The van der Waals surface area contributed by atoms with Crippen molar-refractivity contribution in [2.45, 2.75) is 52.0 Å². The van der Waals surface area contributed by atoms with Crippen molar-refractivity contribution in [2.75, 3.05) is 13.2 Å². The van der Waals surface area contributed by atoms with E-state index in [1.165, 1.54) is 0 Å². The number of hydrogen-bond donors (Lipinski definition) is 1. The fourth-order valence-electron chi connectivity index (χ4n) is 2.45. The van der Waals surface area contributed by atoms with E-state index in [-0.39, 0.29) is 12.0 Å². The van der Waals surface area contributed by atoms with Gasteiger partial charge in [-0.1, -0.05) is 12.8 Å². The molecule has 0 atom stereocenters. The molecule has 0 amide bonds. The summed E-state index contributed by atoms with van der Waals surface area (Å²) in [7, 11) is -3.06. The summed E-state index contributed by atoms with van der Waals surface area (Å²) in [5, 5.41) is 0. The highest BCUT2D eigenvalue weighted by Crippen LogP contribution is 2.19. The van der Waals surface area contributed by atoms with E-state index in [2.05, 4.69) is 0 Å². The molecule has 132 valence electrons. The Balaban J connectivity index is 2.30. The molecule has 0 unspecified atom stereocenters.